The highest BCUT2D eigenvalue weighted by molar-refractivity contribution is 6.42. The van der Waals surface area contributed by atoms with Crippen LogP contribution in [0.3, 0.4) is 0 Å². The van der Waals surface area contributed by atoms with Crippen molar-refractivity contribution in [1.82, 2.24) is 25.0 Å². The van der Waals surface area contributed by atoms with E-state index in [4.69, 9.17) is 27.9 Å². The number of carbonyl (C=O) groups excluding carboxylic acids is 2. The molecule has 54 heavy (non-hydrogen) atoms. The topological polar surface area (TPSA) is 152 Å². The maximum atomic E-state index is 14.2. The average molecular weight is 776 g/mol. The summed E-state index contributed by atoms with van der Waals surface area (Å²) in [4.78, 5) is 50.1. The minimum atomic E-state index is -0.975. The zero-order chi connectivity index (χ0) is 37.9. The standard InChI is InChI=1S/C39H44Cl2N8O5/c1-54-34-10-7-26(32-24-43-46-45-32)21-29(34)35(50)48-20-12-38(25-48,27-8-9-30(40)31(41)22-27)11-17-47-18-13-39(14-19-47,28-5-4-15-42-23-28)44-37(53)49-16-3-2-6-33(49)36(51)52/h4-5,7-10,15,21-24,32-33H,2-3,6,11-14,16-20,25H2,1H3,(H,44,53)(H,51,52). The van der Waals surface area contributed by atoms with Crippen molar-refractivity contribution in [2.45, 2.75) is 68.0 Å². The van der Waals surface area contributed by atoms with Gasteiger partial charge < -0.3 is 29.9 Å². The van der Waals surface area contributed by atoms with Gasteiger partial charge in [0.1, 0.15) is 17.8 Å². The number of benzene rings is 2. The summed E-state index contributed by atoms with van der Waals surface area (Å²) in [6, 6.07) is 13.5. The van der Waals surface area contributed by atoms with Crippen molar-refractivity contribution in [3.8, 4) is 5.75 Å². The summed E-state index contributed by atoms with van der Waals surface area (Å²) >= 11 is 13.0. The van der Waals surface area contributed by atoms with Crippen LogP contribution in [-0.4, -0.2) is 101 Å². The molecule has 284 valence electrons. The summed E-state index contributed by atoms with van der Waals surface area (Å²) in [5.41, 5.74) is 2.10. The Hall–Kier alpha value is -4.59. The van der Waals surface area contributed by atoms with Gasteiger partial charge in [-0.15, -0.1) is 5.10 Å². The van der Waals surface area contributed by atoms with Crippen LogP contribution in [-0.2, 0) is 15.7 Å². The number of pyridine rings is 1. The molecule has 3 fully saturated rings. The Morgan fingerprint density at radius 1 is 0.981 bits per heavy atom. The summed E-state index contributed by atoms with van der Waals surface area (Å²) in [7, 11) is 1.56. The number of methoxy groups -OCH3 is 1. The minimum Gasteiger partial charge on any atom is -0.496 e. The van der Waals surface area contributed by atoms with Crippen LogP contribution in [0.15, 0.2) is 76.4 Å². The first kappa shape index (κ1) is 37.7. The molecule has 0 spiro atoms. The van der Waals surface area contributed by atoms with Crippen LogP contribution in [0.2, 0.25) is 10.0 Å². The second-order valence-corrected chi connectivity index (χ2v) is 15.5. The van der Waals surface area contributed by atoms with E-state index in [1.165, 1.54) is 4.90 Å². The van der Waals surface area contributed by atoms with Crippen molar-refractivity contribution in [2.24, 2.45) is 15.4 Å². The molecule has 0 radical (unpaired) electrons. The highest BCUT2D eigenvalue weighted by atomic mass is 35.5. The van der Waals surface area contributed by atoms with Gasteiger partial charge in [0, 0.05) is 50.5 Å². The Labute approximate surface area is 324 Å². The summed E-state index contributed by atoms with van der Waals surface area (Å²) < 4.78 is 5.63. The van der Waals surface area contributed by atoms with Crippen molar-refractivity contribution in [3.63, 3.8) is 0 Å². The number of aromatic nitrogens is 1. The number of rotatable bonds is 10. The van der Waals surface area contributed by atoms with Gasteiger partial charge in [-0.3, -0.25) is 9.78 Å². The number of urea groups is 1. The average Bonchev–Trinajstić information content (AvgIpc) is 3.91. The van der Waals surface area contributed by atoms with Gasteiger partial charge >= 0.3 is 12.0 Å². The lowest BCUT2D eigenvalue weighted by Gasteiger charge is -2.45. The van der Waals surface area contributed by atoms with E-state index in [1.54, 1.807) is 31.8 Å². The summed E-state index contributed by atoms with van der Waals surface area (Å²) in [6.45, 7) is 3.57. The quantitative estimate of drug-likeness (QED) is 0.233. The van der Waals surface area contributed by atoms with E-state index >= 15 is 0 Å². The van der Waals surface area contributed by atoms with Crippen molar-refractivity contribution in [3.05, 3.63) is 93.2 Å². The smallest absolute Gasteiger partial charge is 0.326 e. The highest BCUT2D eigenvalue weighted by Gasteiger charge is 2.45. The number of aliphatic carboxylic acids is 1. The monoisotopic (exact) mass is 774 g/mol. The van der Waals surface area contributed by atoms with Crippen LogP contribution in [0.25, 0.3) is 0 Å². The molecule has 0 bridgehead atoms. The number of halogens is 2. The molecular formula is C39H44Cl2N8O5. The number of nitrogens with zero attached hydrogens (tertiary/aromatic N) is 7. The Bertz CT molecular complexity index is 1930. The fourth-order valence-electron chi connectivity index (χ4n) is 8.43. The van der Waals surface area contributed by atoms with Crippen molar-refractivity contribution < 1.29 is 24.2 Å². The van der Waals surface area contributed by atoms with Gasteiger partial charge in [0.25, 0.3) is 5.91 Å². The van der Waals surface area contributed by atoms with E-state index in [9.17, 15) is 19.5 Å². The number of ether oxygens (including phenoxy) is 1. The van der Waals surface area contributed by atoms with Crippen molar-refractivity contribution in [1.29, 1.82) is 0 Å². The minimum absolute atomic E-state index is 0.128. The molecule has 5 heterocycles. The summed E-state index contributed by atoms with van der Waals surface area (Å²) in [5, 5.41) is 25.8. The number of amides is 3. The first-order chi connectivity index (χ1) is 26.1. The molecule has 0 aliphatic carbocycles. The SMILES string of the molecule is COc1ccc(C2C=NN=N2)cc1C(=O)N1CCC(CCN2CCC(NC(=O)N3CCCCC3C(=O)O)(c3cccnc3)CC2)(c2ccc(Cl)c(Cl)c2)C1. The number of hydrogen-bond donors (Lipinski definition) is 2. The van der Waals surface area contributed by atoms with Gasteiger partial charge in [-0.05, 0) is 104 Å². The molecule has 2 aromatic carbocycles. The van der Waals surface area contributed by atoms with E-state index in [-0.39, 0.29) is 18.0 Å². The molecule has 1 aromatic heterocycles. The fraction of sp³-hybridized carbons (Fsp3) is 0.462. The second kappa shape index (κ2) is 16.0. The summed E-state index contributed by atoms with van der Waals surface area (Å²) in [5.74, 6) is -0.618. The molecule has 3 atom stereocenters. The van der Waals surface area contributed by atoms with Crippen LogP contribution in [0.1, 0.15) is 78.0 Å². The number of carboxylic acid groups (broad SMARTS) is 1. The first-order valence-electron chi connectivity index (χ1n) is 18.4. The molecule has 13 nitrogen and oxygen atoms in total. The maximum Gasteiger partial charge on any atom is 0.326 e. The Morgan fingerprint density at radius 2 is 1.81 bits per heavy atom. The van der Waals surface area contributed by atoms with E-state index in [0.29, 0.717) is 73.3 Å². The number of hydrogen-bond acceptors (Lipinski definition) is 9. The second-order valence-electron chi connectivity index (χ2n) is 14.6. The lowest BCUT2D eigenvalue weighted by atomic mass is 9.76. The van der Waals surface area contributed by atoms with Crippen LogP contribution < -0.4 is 10.1 Å². The predicted molar refractivity (Wildman–Crippen MR) is 204 cm³/mol. The van der Waals surface area contributed by atoms with E-state index < -0.39 is 23.0 Å². The maximum absolute atomic E-state index is 14.2. The van der Waals surface area contributed by atoms with Gasteiger partial charge in [0.2, 0.25) is 0 Å². The molecule has 4 aliphatic heterocycles. The third-order valence-electron chi connectivity index (χ3n) is 11.6. The van der Waals surface area contributed by atoms with Crippen LogP contribution >= 0.6 is 23.2 Å². The molecule has 15 heteroatoms. The Kier molecular flexibility index (Phi) is 11.2. The number of nitrogens with one attached hydrogen (secondary N) is 1. The third-order valence-corrected chi connectivity index (χ3v) is 12.4. The lowest BCUT2D eigenvalue weighted by Crippen LogP contribution is -2.59. The number of carboxylic acids is 1. The molecule has 7 rings (SSSR count). The number of carbonyl (C=O) groups is 3. The molecule has 3 aromatic rings. The van der Waals surface area contributed by atoms with E-state index in [2.05, 4.69) is 30.6 Å². The molecule has 3 unspecified atom stereocenters. The van der Waals surface area contributed by atoms with Crippen molar-refractivity contribution >= 4 is 47.3 Å². The molecular weight excluding hydrogens is 731 g/mol. The number of likely N-dealkylation sites (tertiary alicyclic amines) is 3. The van der Waals surface area contributed by atoms with Gasteiger partial charge in [-0.25, -0.2) is 9.59 Å². The van der Waals surface area contributed by atoms with Gasteiger partial charge in [-0.1, -0.05) is 41.4 Å². The third kappa shape index (κ3) is 7.67. The normalized spacial score (nSPS) is 23.8. The molecule has 3 saturated heterocycles. The van der Waals surface area contributed by atoms with Crippen LogP contribution in [0, 0.1) is 0 Å². The molecule has 0 saturated carbocycles. The van der Waals surface area contributed by atoms with Gasteiger partial charge in [-0.2, -0.15) is 5.11 Å². The van der Waals surface area contributed by atoms with Crippen LogP contribution in [0.5, 0.6) is 5.75 Å². The zero-order valence-electron chi connectivity index (χ0n) is 30.2. The van der Waals surface area contributed by atoms with Gasteiger partial charge in [0.15, 0.2) is 0 Å². The number of piperidine rings is 2. The molecule has 4 aliphatic rings. The predicted octanol–water partition coefficient (Wildman–Crippen LogP) is 6.70. The van der Waals surface area contributed by atoms with E-state index in [0.717, 1.165) is 48.9 Å². The largest absolute Gasteiger partial charge is 0.496 e. The highest BCUT2D eigenvalue weighted by Crippen LogP contribution is 2.42. The molecule has 2 N–H and O–H groups in total. The van der Waals surface area contributed by atoms with Crippen LogP contribution in [0.4, 0.5) is 4.79 Å². The Balaban J connectivity index is 1.09. The Morgan fingerprint density at radius 3 is 2.52 bits per heavy atom. The van der Waals surface area contributed by atoms with E-state index in [1.807, 2.05) is 47.4 Å². The fourth-order valence-corrected chi connectivity index (χ4v) is 8.73. The first-order valence-corrected chi connectivity index (χ1v) is 19.2. The zero-order valence-corrected chi connectivity index (χ0v) is 31.7. The van der Waals surface area contributed by atoms with Crippen molar-refractivity contribution in [2.75, 3.05) is 46.4 Å². The lowest BCUT2D eigenvalue weighted by molar-refractivity contribution is -0.143. The molecule has 3 amide bonds. The van der Waals surface area contributed by atoms with Gasteiger partial charge in [0.05, 0.1) is 34.5 Å². The summed E-state index contributed by atoms with van der Waals surface area (Å²) in [6.07, 6.45) is 9.88.